The fraction of sp³-hybridized carbons (Fsp3) is 0.615. The number of aromatic nitrogens is 4. The van der Waals surface area contributed by atoms with Gasteiger partial charge in [-0.2, -0.15) is 10.1 Å². The second-order valence-electron chi connectivity index (χ2n) is 5.85. The van der Waals surface area contributed by atoms with Crippen LogP contribution < -0.4 is 10.5 Å². The number of hydrogen-bond donors (Lipinski definition) is 2. The van der Waals surface area contributed by atoms with Crippen molar-refractivity contribution in [1.29, 1.82) is 0 Å². The Morgan fingerprint density at radius 2 is 2.35 bits per heavy atom. The normalized spacial score (nSPS) is 26.7. The van der Waals surface area contributed by atoms with Gasteiger partial charge in [0.05, 0.1) is 12.8 Å². The van der Waals surface area contributed by atoms with Crippen molar-refractivity contribution in [3.8, 4) is 0 Å². The van der Waals surface area contributed by atoms with E-state index in [0.29, 0.717) is 17.0 Å². The lowest BCUT2D eigenvalue weighted by atomic mass is 9.82. The summed E-state index contributed by atoms with van der Waals surface area (Å²) in [7, 11) is 0. The number of H-pyrrole nitrogens is 2. The van der Waals surface area contributed by atoms with Gasteiger partial charge in [-0.1, -0.05) is 0 Å². The standard InChI is InChI=1S/C13H17N5O2/c19-11-9-6-14-17-10(9)15-12(16-11)18-4-3-13(7-18)2-1-5-20-8-13/h6H,1-5,7-8H2,(H2,14,15,16,17,19). The van der Waals surface area contributed by atoms with Crippen LogP contribution in [0.25, 0.3) is 11.0 Å². The van der Waals surface area contributed by atoms with Crippen molar-refractivity contribution in [2.45, 2.75) is 19.3 Å². The van der Waals surface area contributed by atoms with E-state index in [4.69, 9.17) is 4.74 Å². The van der Waals surface area contributed by atoms with E-state index in [1.807, 2.05) is 0 Å². The van der Waals surface area contributed by atoms with Crippen molar-refractivity contribution in [3.63, 3.8) is 0 Å². The van der Waals surface area contributed by atoms with Gasteiger partial charge in [0, 0.05) is 25.1 Å². The highest BCUT2D eigenvalue weighted by Crippen LogP contribution is 2.38. The summed E-state index contributed by atoms with van der Waals surface area (Å²) >= 11 is 0. The lowest BCUT2D eigenvalue weighted by Crippen LogP contribution is -2.35. The smallest absolute Gasteiger partial charge is 0.263 e. The zero-order valence-electron chi connectivity index (χ0n) is 11.2. The van der Waals surface area contributed by atoms with Crippen LogP contribution in [0.4, 0.5) is 5.95 Å². The number of ether oxygens (including phenoxy) is 1. The van der Waals surface area contributed by atoms with Gasteiger partial charge in [-0.15, -0.1) is 0 Å². The topological polar surface area (TPSA) is 86.9 Å². The Bertz CT molecular complexity index is 685. The van der Waals surface area contributed by atoms with Crippen LogP contribution in [-0.4, -0.2) is 46.5 Å². The Kier molecular flexibility index (Phi) is 2.56. The fourth-order valence-electron chi connectivity index (χ4n) is 3.33. The highest BCUT2D eigenvalue weighted by atomic mass is 16.5. The number of nitrogens with one attached hydrogen (secondary N) is 2. The molecule has 106 valence electrons. The molecule has 2 aromatic rings. The molecular weight excluding hydrogens is 258 g/mol. The first-order chi connectivity index (χ1) is 9.76. The van der Waals surface area contributed by atoms with E-state index in [-0.39, 0.29) is 11.0 Å². The predicted molar refractivity (Wildman–Crippen MR) is 73.8 cm³/mol. The summed E-state index contributed by atoms with van der Waals surface area (Å²) < 4.78 is 5.64. The highest BCUT2D eigenvalue weighted by Gasteiger charge is 2.40. The van der Waals surface area contributed by atoms with Crippen LogP contribution in [0.15, 0.2) is 11.0 Å². The predicted octanol–water partition coefficient (Wildman–Crippen LogP) is 0.653. The van der Waals surface area contributed by atoms with E-state index in [0.717, 1.165) is 39.1 Å². The van der Waals surface area contributed by atoms with Gasteiger partial charge in [-0.3, -0.25) is 14.9 Å². The van der Waals surface area contributed by atoms with Gasteiger partial charge in [-0.05, 0) is 19.3 Å². The van der Waals surface area contributed by atoms with Crippen molar-refractivity contribution >= 4 is 17.0 Å². The van der Waals surface area contributed by atoms with Gasteiger partial charge in [0.15, 0.2) is 5.65 Å². The highest BCUT2D eigenvalue weighted by molar-refractivity contribution is 5.73. The fourth-order valence-corrected chi connectivity index (χ4v) is 3.33. The number of anilines is 1. The lowest BCUT2D eigenvalue weighted by molar-refractivity contribution is 0.00435. The van der Waals surface area contributed by atoms with Crippen LogP contribution in [0.3, 0.4) is 0 Å². The summed E-state index contributed by atoms with van der Waals surface area (Å²) in [6.07, 6.45) is 4.92. The molecule has 7 heteroatoms. The Labute approximate surface area is 115 Å². The number of nitrogens with zero attached hydrogens (tertiary/aromatic N) is 3. The average Bonchev–Trinajstić information content (AvgIpc) is 3.07. The molecule has 2 fully saturated rings. The maximum Gasteiger partial charge on any atom is 0.263 e. The largest absolute Gasteiger partial charge is 0.381 e. The molecule has 2 N–H and O–H groups in total. The second-order valence-corrected chi connectivity index (χ2v) is 5.85. The lowest BCUT2D eigenvalue weighted by Gasteiger charge is -2.33. The molecule has 20 heavy (non-hydrogen) atoms. The molecule has 0 amide bonds. The molecule has 0 aliphatic carbocycles. The molecule has 4 heterocycles. The van der Waals surface area contributed by atoms with Crippen LogP contribution >= 0.6 is 0 Å². The van der Waals surface area contributed by atoms with Gasteiger partial charge in [0.25, 0.3) is 5.56 Å². The Hall–Kier alpha value is -1.89. The molecule has 1 atom stereocenters. The minimum absolute atomic E-state index is 0.139. The molecule has 2 aromatic heterocycles. The molecule has 0 radical (unpaired) electrons. The number of hydrogen-bond acceptors (Lipinski definition) is 5. The maximum absolute atomic E-state index is 12.0. The molecule has 0 saturated carbocycles. The summed E-state index contributed by atoms with van der Waals surface area (Å²) in [5, 5.41) is 7.13. The quantitative estimate of drug-likeness (QED) is 0.798. The van der Waals surface area contributed by atoms with Gasteiger partial charge in [0.2, 0.25) is 5.95 Å². The minimum atomic E-state index is -0.139. The molecule has 2 aliphatic heterocycles. The van der Waals surface area contributed by atoms with Crippen molar-refractivity contribution in [1.82, 2.24) is 20.2 Å². The first kappa shape index (κ1) is 11.9. The third-order valence-electron chi connectivity index (χ3n) is 4.45. The van der Waals surface area contributed by atoms with Gasteiger partial charge < -0.3 is 9.64 Å². The van der Waals surface area contributed by atoms with Crippen molar-refractivity contribution < 1.29 is 4.74 Å². The molecule has 0 aromatic carbocycles. The van der Waals surface area contributed by atoms with Crippen LogP contribution in [0.2, 0.25) is 0 Å². The van der Waals surface area contributed by atoms with E-state index in [1.54, 1.807) is 0 Å². The summed E-state index contributed by atoms with van der Waals surface area (Å²) in [4.78, 5) is 21.5. The first-order valence-corrected chi connectivity index (χ1v) is 7.02. The summed E-state index contributed by atoms with van der Waals surface area (Å²) in [5.41, 5.74) is 0.643. The Morgan fingerprint density at radius 1 is 1.40 bits per heavy atom. The van der Waals surface area contributed by atoms with Crippen molar-refractivity contribution in [2.24, 2.45) is 5.41 Å². The van der Waals surface area contributed by atoms with Gasteiger partial charge >= 0.3 is 0 Å². The second kappa shape index (κ2) is 4.31. The van der Waals surface area contributed by atoms with Gasteiger partial charge in [0.1, 0.15) is 5.39 Å². The van der Waals surface area contributed by atoms with Crippen LogP contribution in [0.5, 0.6) is 0 Å². The summed E-state index contributed by atoms with van der Waals surface area (Å²) in [5.74, 6) is 0.634. The average molecular weight is 275 g/mol. The Balaban J connectivity index is 1.65. The van der Waals surface area contributed by atoms with E-state index < -0.39 is 0 Å². The third-order valence-corrected chi connectivity index (χ3v) is 4.45. The minimum Gasteiger partial charge on any atom is -0.381 e. The van der Waals surface area contributed by atoms with Crippen LogP contribution in [0, 0.1) is 5.41 Å². The van der Waals surface area contributed by atoms with E-state index in [9.17, 15) is 4.79 Å². The third kappa shape index (κ3) is 1.81. The van der Waals surface area contributed by atoms with Crippen molar-refractivity contribution in [3.05, 3.63) is 16.6 Å². The van der Waals surface area contributed by atoms with E-state index >= 15 is 0 Å². The Morgan fingerprint density at radius 3 is 3.20 bits per heavy atom. The molecule has 7 nitrogen and oxygen atoms in total. The molecule has 2 saturated heterocycles. The van der Waals surface area contributed by atoms with E-state index in [1.165, 1.54) is 12.6 Å². The number of aromatic amines is 2. The monoisotopic (exact) mass is 275 g/mol. The molecule has 2 aliphatic rings. The maximum atomic E-state index is 12.0. The van der Waals surface area contributed by atoms with Gasteiger partial charge in [-0.25, -0.2) is 0 Å². The molecule has 1 spiro atoms. The SMILES string of the molecule is O=c1[nH]c(N2CCC3(CCCOC3)C2)nc2[nH]ncc12. The first-order valence-electron chi connectivity index (χ1n) is 7.02. The molecule has 1 unspecified atom stereocenters. The summed E-state index contributed by atoms with van der Waals surface area (Å²) in [6.45, 7) is 3.50. The van der Waals surface area contributed by atoms with E-state index in [2.05, 4.69) is 25.1 Å². The molecular formula is C13H17N5O2. The zero-order chi connectivity index (χ0) is 13.6. The number of fused-ring (bicyclic) bond motifs is 1. The number of rotatable bonds is 1. The summed E-state index contributed by atoms with van der Waals surface area (Å²) in [6, 6.07) is 0. The van der Waals surface area contributed by atoms with Crippen LogP contribution in [0.1, 0.15) is 19.3 Å². The van der Waals surface area contributed by atoms with Crippen molar-refractivity contribution in [2.75, 3.05) is 31.2 Å². The molecule has 0 bridgehead atoms. The zero-order valence-corrected chi connectivity index (χ0v) is 11.2. The van der Waals surface area contributed by atoms with Crippen LogP contribution in [-0.2, 0) is 4.74 Å². The molecule has 4 rings (SSSR count).